The van der Waals surface area contributed by atoms with Crippen LogP contribution >= 0.6 is 39.9 Å². The summed E-state index contributed by atoms with van der Waals surface area (Å²) in [7, 11) is 0. The third kappa shape index (κ3) is 1.78. The van der Waals surface area contributed by atoms with Crippen molar-refractivity contribution in [2.24, 2.45) is 0 Å². The third-order valence-corrected chi connectivity index (χ3v) is 3.92. The molecule has 0 radical (unpaired) electrons. The van der Waals surface area contributed by atoms with Crippen molar-refractivity contribution < 1.29 is 4.74 Å². The minimum atomic E-state index is 0.688. The lowest BCUT2D eigenvalue weighted by Crippen LogP contribution is -1.90. The van der Waals surface area contributed by atoms with E-state index in [1.807, 2.05) is 19.1 Å². The molecule has 0 aliphatic carbocycles. The molecule has 0 N–H and O–H groups in total. The van der Waals surface area contributed by atoms with E-state index in [0.29, 0.717) is 6.61 Å². The zero-order valence-corrected chi connectivity index (χ0v) is 10.9. The Morgan fingerprint density at radius 3 is 3.00 bits per heavy atom. The first-order chi connectivity index (χ1) is 6.72. The SMILES string of the molecule is CCOc1c(Br)sc2cc(S)ccc12. The van der Waals surface area contributed by atoms with Gasteiger partial charge in [-0.15, -0.1) is 24.0 Å². The molecule has 0 spiro atoms. The third-order valence-electron chi connectivity index (χ3n) is 1.88. The molecule has 74 valence electrons. The molecule has 0 amide bonds. The maximum absolute atomic E-state index is 5.57. The Hall–Kier alpha value is -0.190. The highest BCUT2D eigenvalue weighted by Crippen LogP contribution is 2.42. The van der Waals surface area contributed by atoms with Gasteiger partial charge in [-0.3, -0.25) is 0 Å². The minimum absolute atomic E-state index is 0.688. The van der Waals surface area contributed by atoms with Crippen LogP contribution in [0.2, 0.25) is 0 Å². The van der Waals surface area contributed by atoms with Crippen molar-refractivity contribution in [3.05, 3.63) is 22.0 Å². The first-order valence-electron chi connectivity index (χ1n) is 4.26. The summed E-state index contributed by atoms with van der Waals surface area (Å²) in [5.41, 5.74) is 0. The van der Waals surface area contributed by atoms with Crippen molar-refractivity contribution in [3.8, 4) is 5.75 Å². The van der Waals surface area contributed by atoms with Gasteiger partial charge in [0.15, 0.2) is 5.75 Å². The van der Waals surface area contributed by atoms with Gasteiger partial charge in [-0.1, -0.05) is 0 Å². The van der Waals surface area contributed by atoms with Gasteiger partial charge in [-0.25, -0.2) is 0 Å². The van der Waals surface area contributed by atoms with E-state index in [9.17, 15) is 0 Å². The quantitative estimate of drug-likeness (QED) is 0.809. The van der Waals surface area contributed by atoms with Gasteiger partial charge >= 0.3 is 0 Å². The summed E-state index contributed by atoms with van der Waals surface area (Å²) >= 11 is 9.49. The number of rotatable bonds is 2. The summed E-state index contributed by atoms with van der Waals surface area (Å²) in [5, 5.41) is 1.15. The molecule has 0 fully saturated rings. The Morgan fingerprint density at radius 1 is 1.50 bits per heavy atom. The predicted molar refractivity (Wildman–Crippen MR) is 67.9 cm³/mol. The minimum Gasteiger partial charge on any atom is -0.491 e. The molecule has 0 bridgehead atoms. The summed E-state index contributed by atoms with van der Waals surface area (Å²) in [6.45, 7) is 2.68. The highest BCUT2D eigenvalue weighted by atomic mass is 79.9. The molecule has 0 aliphatic heterocycles. The number of thiophene rings is 1. The fourth-order valence-electron chi connectivity index (χ4n) is 1.31. The summed E-state index contributed by atoms with van der Waals surface area (Å²) in [6, 6.07) is 6.08. The van der Waals surface area contributed by atoms with Crippen LogP contribution in [0.15, 0.2) is 26.9 Å². The molecule has 1 heterocycles. The van der Waals surface area contributed by atoms with Crippen molar-refractivity contribution in [1.29, 1.82) is 0 Å². The van der Waals surface area contributed by atoms with Gasteiger partial charge in [0, 0.05) is 15.0 Å². The van der Waals surface area contributed by atoms with Gasteiger partial charge in [0.1, 0.15) is 3.79 Å². The van der Waals surface area contributed by atoms with Crippen molar-refractivity contribution in [2.45, 2.75) is 11.8 Å². The molecule has 4 heteroatoms. The first-order valence-corrected chi connectivity index (χ1v) is 6.32. The van der Waals surface area contributed by atoms with Crippen LogP contribution in [0, 0.1) is 0 Å². The Labute approximate surface area is 101 Å². The standard InChI is InChI=1S/C10H9BrOS2/c1-2-12-9-7-4-3-6(13)5-8(7)14-10(9)11/h3-5,13H,2H2,1H3. The van der Waals surface area contributed by atoms with E-state index in [-0.39, 0.29) is 0 Å². The lowest BCUT2D eigenvalue weighted by molar-refractivity contribution is 0.343. The molecule has 0 unspecified atom stereocenters. The van der Waals surface area contributed by atoms with Crippen LogP contribution < -0.4 is 4.74 Å². The maximum atomic E-state index is 5.57. The molecule has 1 aromatic heterocycles. The number of thiol groups is 1. The summed E-state index contributed by atoms with van der Waals surface area (Å²) in [5.74, 6) is 0.945. The zero-order chi connectivity index (χ0) is 10.1. The van der Waals surface area contributed by atoms with E-state index in [2.05, 4.69) is 34.6 Å². The normalized spacial score (nSPS) is 10.8. The van der Waals surface area contributed by atoms with E-state index in [4.69, 9.17) is 4.74 Å². The summed E-state index contributed by atoms with van der Waals surface area (Å²) in [6.07, 6.45) is 0. The van der Waals surface area contributed by atoms with E-state index in [1.165, 1.54) is 4.70 Å². The van der Waals surface area contributed by atoms with Crippen LogP contribution in [0.5, 0.6) is 5.75 Å². The van der Waals surface area contributed by atoms with Gasteiger partial charge in [-0.2, -0.15) is 0 Å². The summed E-state index contributed by atoms with van der Waals surface area (Å²) in [4.78, 5) is 0.981. The lowest BCUT2D eigenvalue weighted by Gasteiger charge is -2.01. The molecule has 0 aliphatic rings. The van der Waals surface area contributed by atoms with Crippen LogP contribution in [-0.4, -0.2) is 6.61 Å². The van der Waals surface area contributed by atoms with E-state index in [0.717, 1.165) is 19.8 Å². The van der Waals surface area contributed by atoms with Crippen LogP contribution in [-0.2, 0) is 0 Å². The van der Waals surface area contributed by atoms with E-state index < -0.39 is 0 Å². The van der Waals surface area contributed by atoms with Gasteiger partial charge < -0.3 is 4.74 Å². The Balaban J connectivity index is 2.64. The van der Waals surface area contributed by atoms with Gasteiger partial charge in [0.25, 0.3) is 0 Å². The molecule has 14 heavy (non-hydrogen) atoms. The molecule has 1 nitrogen and oxygen atoms in total. The van der Waals surface area contributed by atoms with Gasteiger partial charge in [0.05, 0.1) is 6.61 Å². The zero-order valence-electron chi connectivity index (χ0n) is 7.58. The highest BCUT2D eigenvalue weighted by molar-refractivity contribution is 9.11. The molecular weight excluding hydrogens is 280 g/mol. The monoisotopic (exact) mass is 288 g/mol. The summed E-state index contributed by atoms with van der Waals surface area (Å²) < 4.78 is 7.82. The second-order valence-electron chi connectivity index (χ2n) is 2.82. The molecule has 0 saturated heterocycles. The van der Waals surface area contributed by atoms with Crippen molar-refractivity contribution >= 4 is 50.0 Å². The molecule has 0 saturated carbocycles. The number of hydrogen-bond acceptors (Lipinski definition) is 3. The Morgan fingerprint density at radius 2 is 2.29 bits per heavy atom. The average Bonchev–Trinajstić information content (AvgIpc) is 2.43. The Bertz CT molecular complexity index is 464. The second-order valence-corrected chi connectivity index (χ2v) is 5.70. The fraction of sp³-hybridized carbons (Fsp3) is 0.200. The maximum Gasteiger partial charge on any atom is 0.152 e. The largest absolute Gasteiger partial charge is 0.491 e. The molecule has 1 aromatic carbocycles. The average molecular weight is 289 g/mol. The molecule has 2 aromatic rings. The number of fused-ring (bicyclic) bond motifs is 1. The number of ether oxygens (including phenoxy) is 1. The van der Waals surface area contributed by atoms with Crippen LogP contribution in [0.1, 0.15) is 6.92 Å². The first kappa shape index (κ1) is 10.3. The molecule has 2 rings (SSSR count). The number of hydrogen-bond donors (Lipinski definition) is 1. The van der Waals surface area contributed by atoms with Crippen LogP contribution in [0.25, 0.3) is 10.1 Å². The Kier molecular flexibility index (Phi) is 3.04. The van der Waals surface area contributed by atoms with Crippen molar-refractivity contribution in [2.75, 3.05) is 6.61 Å². The van der Waals surface area contributed by atoms with Gasteiger partial charge in [-0.05, 0) is 41.1 Å². The van der Waals surface area contributed by atoms with E-state index in [1.54, 1.807) is 11.3 Å². The van der Waals surface area contributed by atoms with Crippen LogP contribution in [0.3, 0.4) is 0 Å². The second kappa shape index (κ2) is 4.13. The highest BCUT2D eigenvalue weighted by Gasteiger charge is 2.10. The number of benzene rings is 1. The molecule has 0 atom stereocenters. The van der Waals surface area contributed by atoms with Crippen molar-refractivity contribution in [1.82, 2.24) is 0 Å². The molecular formula is C10H9BrOS2. The van der Waals surface area contributed by atoms with E-state index >= 15 is 0 Å². The smallest absolute Gasteiger partial charge is 0.152 e. The number of halogens is 1. The fourth-order valence-corrected chi connectivity index (χ4v) is 3.36. The van der Waals surface area contributed by atoms with Crippen LogP contribution in [0.4, 0.5) is 0 Å². The lowest BCUT2D eigenvalue weighted by atomic mass is 10.2. The van der Waals surface area contributed by atoms with Gasteiger partial charge in [0.2, 0.25) is 0 Å². The predicted octanol–water partition coefficient (Wildman–Crippen LogP) is 4.35. The van der Waals surface area contributed by atoms with Crippen molar-refractivity contribution in [3.63, 3.8) is 0 Å². The topological polar surface area (TPSA) is 9.23 Å².